The van der Waals surface area contributed by atoms with Crippen LogP contribution in [0.15, 0.2) is 74.9 Å². The molecule has 142 valence electrons. The van der Waals surface area contributed by atoms with E-state index >= 15 is 0 Å². The number of methoxy groups -OCH3 is 1. The quantitative estimate of drug-likeness (QED) is 0.290. The van der Waals surface area contributed by atoms with Gasteiger partial charge in [-0.05, 0) is 55.5 Å². The summed E-state index contributed by atoms with van der Waals surface area (Å²) in [6.45, 7) is 1.66. The van der Waals surface area contributed by atoms with Gasteiger partial charge in [-0.25, -0.2) is 4.98 Å². The zero-order chi connectivity index (χ0) is 19.9. The van der Waals surface area contributed by atoms with Crippen molar-refractivity contribution in [3.8, 4) is 5.75 Å². The van der Waals surface area contributed by atoms with Crippen LogP contribution in [0, 0.1) is 6.92 Å². The molecule has 1 heterocycles. The molecule has 3 rings (SSSR count). The number of benzene rings is 2. The number of halogens is 1. The summed E-state index contributed by atoms with van der Waals surface area (Å²) in [6.07, 6.45) is 1.43. The number of anilines is 1. The average molecular weight is 397 g/mol. The van der Waals surface area contributed by atoms with Crippen molar-refractivity contribution in [3.05, 3.63) is 81.2 Å². The van der Waals surface area contributed by atoms with E-state index in [2.05, 4.69) is 30.7 Å². The Hall–Kier alpha value is -3.52. The van der Waals surface area contributed by atoms with Gasteiger partial charge in [0.15, 0.2) is 0 Å². The molecule has 0 bridgehead atoms. The second-order valence-electron chi connectivity index (χ2n) is 5.70. The number of amidine groups is 1. The first-order chi connectivity index (χ1) is 13.5. The smallest absolute Gasteiger partial charge is 0.255 e. The Bertz CT molecular complexity index is 1060. The Balaban J connectivity index is 1.91. The number of hydrogen-bond acceptors (Lipinski definition) is 6. The summed E-state index contributed by atoms with van der Waals surface area (Å²) in [6, 6.07) is 14.2. The summed E-state index contributed by atoms with van der Waals surface area (Å²) < 4.78 is 5.17. The molecule has 2 aromatic carbocycles. The van der Waals surface area contributed by atoms with E-state index in [1.54, 1.807) is 62.6 Å². The number of aromatic nitrogens is 2. The van der Waals surface area contributed by atoms with Crippen molar-refractivity contribution in [1.82, 2.24) is 9.97 Å². The Morgan fingerprint density at radius 2 is 1.86 bits per heavy atom. The van der Waals surface area contributed by atoms with Crippen molar-refractivity contribution in [2.24, 2.45) is 15.3 Å². The molecule has 8 nitrogen and oxygen atoms in total. The van der Waals surface area contributed by atoms with Crippen LogP contribution in [0.5, 0.6) is 5.75 Å². The summed E-state index contributed by atoms with van der Waals surface area (Å²) in [5, 5.41) is 13.1. The number of aromatic amines is 1. The first-order valence-electron chi connectivity index (χ1n) is 8.26. The molecule has 28 heavy (non-hydrogen) atoms. The second kappa shape index (κ2) is 8.92. The number of H-pyrrole nitrogens is 1. The lowest BCUT2D eigenvalue weighted by atomic mass is 10.2. The Morgan fingerprint density at radius 1 is 1.14 bits per heavy atom. The molecule has 0 atom stereocenters. The van der Waals surface area contributed by atoms with Crippen molar-refractivity contribution in [1.29, 1.82) is 0 Å². The van der Waals surface area contributed by atoms with E-state index in [1.165, 1.54) is 6.20 Å². The molecule has 1 aromatic heterocycles. The molecular weight excluding hydrogens is 380 g/mol. The first kappa shape index (κ1) is 19.2. The van der Waals surface area contributed by atoms with Gasteiger partial charge in [-0.3, -0.25) is 15.2 Å². The summed E-state index contributed by atoms with van der Waals surface area (Å²) >= 11 is 5.90. The molecule has 0 saturated heterocycles. The van der Waals surface area contributed by atoms with Crippen LogP contribution < -0.4 is 15.7 Å². The van der Waals surface area contributed by atoms with Crippen LogP contribution in [-0.4, -0.2) is 22.9 Å². The van der Waals surface area contributed by atoms with Crippen LogP contribution >= 0.6 is 11.6 Å². The van der Waals surface area contributed by atoms with Crippen molar-refractivity contribution in [2.45, 2.75) is 6.92 Å². The van der Waals surface area contributed by atoms with Gasteiger partial charge in [-0.15, -0.1) is 10.2 Å². The largest absolute Gasteiger partial charge is 0.497 e. The first-order valence-corrected chi connectivity index (χ1v) is 8.64. The lowest BCUT2D eigenvalue weighted by Crippen LogP contribution is -2.09. The van der Waals surface area contributed by atoms with E-state index in [0.717, 1.165) is 5.69 Å². The number of nitrogens with one attached hydrogen (secondary N) is 2. The van der Waals surface area contributed by atoms with Crippen LogP contribution in [0.2, 0.25) is 5.02 Å². The Kier molecular flexibility index (Phi) is 6.13. The van der Waals surface area contributed by atoms with Crippen molar-refractivity contribution >= 4 is 29.1 Å². The van der Waals surface area contributed by atoms with Crippen molar-refractivity contribution < 1.29 is 4.74 Å². The lowest BCUT2D eigenvalue weighted by Gasteiger charge is -2.05. The van der Waals surface area contributed by atoms with Gasteiger partial charge >= 0.3 is 0 Å². The minimum Gasteiger partial charge on any atom is -0.497 e. The van der Waals surface area contributed by atoms with Gasteiger partial charge in [0.05, 0.1) is 12.8 Å². The third-order valence-corrected chi connectivity index (χ3v) is 3.94. The minimum absolute atomic E-state index is 0.0864. The fourth-order valence-electron chi connectivity index (χ4n) is 2.12. The predicted octanol–water partition coefficient (Wildman–Crippen LogP) is 4.30. The van der Waals surface area contributed by atoms with E-state index in [9.17, 15) is 4.79 Å². The fraction of sp³-hybridized carbons (Fsp3) is 0.105. The zero-order valence-electron chi connectivity index (χ0n) is 15.2. The lowest BCUT2D eigenvalue weighted by molar-refractivity contribution is 0.415. The highest BCUT2D eigenvalue weighted by Crippen LogP contribution is 2.16. The number of hydrogen-bond donors (Lipinski definition) is 2. The van der Waals surface area contributed by atoms with E-state index in [0.29, 0.717) is 27.7 Å². The number of azo groups is 1. The van der Waals surface area contributed by atoms with E-state index in [4.69, 9.17) is 16.3 Å². The molecule has 0 fully saturated rings. The SMILES string of the molecule is COc1ccc(/C(N=Nc2ncc(C)c(=O)[nH]2)=N\Nc2ccc(Cl)cc2)cc1. The van der Waals surface area contributed by atoms with Crippen LogP contribution in [0.1, 0.15) is 11.1 Å². The maximum atomic E-state index is 11.7. The molecule has 0 spiro atoms. The van der Waals surface area contributed by atoms with Gasteiger partial charge in [0.1, 0.15) is 5.75 Å². The normalized spacial score (nSPS) is 11.6. The van der Waals surface area contributed by atoms with Gasteiger partial charge in [-0.2, -0.15) is 5.10 Å². The van der Waals surface area contributed by atoms with Gasteiger partial charge in [-0.1, -0.05) is 11.6 Å². The third-order valence-electron chi connectivity index (χ3n) is 3.69. The zero-order valence-corrected chi connectivity index (χ0v) is 15.9. The third kappa shape index (κ3) is 5.01. The minimum atomic E-state index is -0.272. The van der Waals surface area contributed by atoms with Crippen molar-refractivity contribution in [3.63, 3.8) is 0 Å². The van der Waals surface area contributed by atoms with Gasteiger partial charge in [0.2, 0.25) is 11.8 Å². The highest BCUT2D eigenvalue weighted by molar-refractivity contribution is 6.30. The standard InChI is InChI=1S/C19H17ClN6O2/c1-12-11-21-19(22-18(12)27)26-25-17(13-3-9-16(28-2)10-4-13)24-23-15-7-5-14(20)6-8-15/h3-11,23H,1-2H3,(H,21,22,27)/b24-17+,26-25?. The van der Waals surface area contributed by atoms with Gasteiger partial charge in [0, 0.05) is 22.3 Å². The molecule has 0 radical (unpaired) electrons. The summed E-state index contributed by atoms with van der Waals surface area (Å²) in [4.78, 5) is 18.3. The molecule has 3 aromatic rings. The topological polar surface area (TPSA) is 104 Å². The maximum absolute atomic E-state index is 11.7. The second-order valence-corrected chi connectivity index (χ2v) is 6.14. The maximum Gasteiger partial charge on any atom is 0.255 e. The molecule has 0 amide bonds. The van der Waals surface area contributed by atoms with Crippen LogP contribution in [0.25, 0.3) is 0 Å². The Morgan fingerprint density at radius 3 is 2.50 bits per heavy atom. The number of rotatable bonds is 5. The van der Waals surface area contributed by atoms with Gasteiger partial charge < -0.3 is 4.74 Å². The fourth-order valence-corrected chi connectivity index (χ4v) is 2.25. The van der Waals surface area contributed by atoms with E-state index in [-0.39, 0.29) is 11.5 Å². The van der Waals surface area contributed by atoms with Crippen LogP contribution in [0.3, 0.4) is 0 Å². The van der Waals surface area contributed by atoms with Crippen LogP contribution in [0.4, 0.5) is 11.6 Å². The number of hydrazone groups is 1. The highest BCUT2D eigenvalue weighted by Gasteiger charge is 2.05. The molecule has 9 heteroatoms. The number of aryl methyl sites for hydroxylation is 1. The van der Waals surface area contributed by atoms with Crippen LogP contribution in [-0.2, 0) is 0 Å². The molecule has 0 aliphatic carbocycles. The van der Waals surface area contributed by atoms with Crippen molar-refractivity contribution in [2.75, 3.05) is 12.5 Å². The summed E-state index contributed by atoms with van der Waals surface area (Å²) in [5.74, 6) is 1.08. The van der Waals surface area contributed by atoms with E-state index < -0.39 is 0 Å². The number of nitrogens with zero attached hydrogens (tertiary/aromatic N) is 4. The summed E-state index contributed by atoms with van der Waals surface area (Å²) in [7, 11) is 1.59. The van der Waals surface area contributed by atoms with Gasteiger partial charge in [0.25, 0.3) is 5.56 Å². The van der Waals surface area contributed by atoms with E-state index in [1.807, 2.05) is 0 Å². The highest BCUT2D eigenvalue weighted by atomic mass is 35.5. The molecular formula is C19H17ClN6O2. The molecule has 0 aliphatic rings. The summed E-state index contributed by atoms with van der Waals surface area (Å²) in [5.41, 5.74) is 4.55. The number of ether oxygens (including phenoxy) is 1. The Labute approximate surface area is 166 Å². The molecule has 0 unspecified atom stereocenters. The predicted molar refractivity (Wildman–Crippen MR) is 109 cm³/mol. The molecule has 0 aliphatic heterocycles. The molecule has 2 N–H and O–H groups in total. The average Bonchev–Trinajstić information content (AvgIpc) is 2.72. The monoisotopic (exact) mass is 396 g/mol. The molecule has 0 saturated carbocycles.